The highest BCUT2D eigenvalue weighted by Crippen LogP contribution is 2.24. The fraction of sp³-hybridized carbons (Fsp3) is 0.455. The number of nitrogens with zero attached hydrogens (tertiary/aromatic N) is 1. The molecule has 1 aromatic rings. The summed E-state index contributed by atoms with van der Waals surface area (Å²) in [6.45, 7) is 3.87. The summed E-state index contributed by atoms with van der Waals surface area (Å²) in [7, 11) is 0. The minimum absolute atomic E-state index is 0.0506. The van der Waals surface area contributed by atoms with Crippen molar-refractivity contribution in [1.29, 1.82) is 0 Å². The molecule has 0 bridgehead atoms. The van der Waals surface area contributed by atoms with E-state index in [1.807, 2.05) is 13.8 Å². The Morgan fingerprint density at radius 3 is 2.56 bits per heavy atom. The topological polar surface area (TPSA) is 63.4 Å². The summed E-state index contributed by atoms with van der Waals surface area (Å²) < 4.78 is 0.668. The number of hydrogen-bond donors (Lipinski definition) is 1. The summed E-state index contributed by atoms with van der Waals surface area (Å²) >= 11 is 3.28. The molecule has 0 heterocycles. The molecule has 1 unspecified atom stereocenters. The Hall–Kier alpha value is -0.940. The number of halogens is 1. The maximum Gasteiger partial charge on any atom is 0.270 e. The van der Waals surface area contributed by atoms with Gasteiger partial charge in [0.2, 0.25) is 0 Å². The largest absolute Gasteiger partial charge is 0.393 e. The van der Waals surface area contributed by atoms with Crippen molar-refractivity contribution in [3.8, 4) is 0 Å². The van der Waals surface area contributed by atoms with Crippen molar-refractivity contribution in [2.75, 3.05) is 0 Å². The van der Waals surface area contributed by atoms with E-state index in [1.54, 1.807) is 6.07 Å². The zero-order valence-electron chi connectivity index (χ0n) is 9.18. The van der Waals surface area contributed by atoms with E-state index in [1.165, 1.54) is 12.1 Å². The van der Waals surface area contributed by atoms with E-state index in [4.69, 9.17) is 0 Å². The molecule has 0 aliphatic rings. The molecule has 0 spiro atoms. The molecule has 0 saturated carbocycles. The van der Waals surface area contributed by atoms with Crippen LogP contribution in [0.3, 0.4) is 0 Å². The van der Waals surface area contributed by atoms with Crippen LogP contribution in [-0.4, -0.2) is 16.1 Å². The number of aliphatic hydroxyl groups excluding tert-OH is 1. The van der Waals surface area contributed by atoms with Crippen LogP contribution in [0.15, 0.2) is 22.7 Å². The molecule has 5 heteroatoms. The number of nitro benzene ring substituents is 1. The molecule has 1 rings (SSSR count). The molecule has 88 valence electrons. The molecule has 1 N–H and O–H groups in total. The van der Waals surface area contributed by atoms with Gasteiger partial charge in [0, 0.05) is 16.6 Å². The van der Waals surface area contributed by atoms with Gasteiger partial charge in [-0.2, -0.15) is 0 Å². The lowest BCUT2D eigenvalue weighted by molar-refractivity contribution is -0.384. The van der Waals surface area contributed by atoms with Gasteiger partial charge in [0.1, 0.15) is 0 Å². The first-order valence-corrected chi connectivity index (χ1v) is 5.82. The van der Waals surface area contributed by atoms with E-state index in [9.17, 15) is 15.2 Å². The van der Waals surface area contributed by atoms with E-state index in [2.05, 4.69) is 15.9 Å². The second-order valence-electron chi connectivity index (χ2n) is 4.05. The van der Waals surface area contributed by atoms with Crippen molar-refractivity contribution < 1.29 is 10.0 Å². The van der Waals surface area contributed by atoms with E-state index in [-0.39, 0.29) is 11.6 Å². The fourth-order valence-electron chi connectivity index (χ4n) is 1.28. The van der Waals surface area contributed by atoms with Crippen molar-refractivity contribution in [3.05, 3.63) is 38.3 Å². The predicted molar refractivity (Wildman–Crippen MR) is 65.3 cm³/mol. The van der Waals surface area contributed by atoms with Gasteiger partial charge in [-0.05, 0) is 17.9 Å². The molecule has 1 atom stereocenters. The lowest BCUT2D eigenvalue weighted by Crippen LogP contribution is -2.17. The summed E-state index contributed by atoms with van der Waals surface area (Å²) in [5.41, 5.74) is 0.932. The van der Waals surface area contributed by atoms with E-state index < -0.39 is 11.0 Å². The molecular formula is C11H14BrNO3. The SMILES string of the molecule is CC(C)C(O)Cc1ccc([N+](=O)[O-])cc1Br. The third kappa shape index (κ3) is 3.28. The van der Waals surface area contributed by atoms with E-state index >= 15 is 0 Å². The van der Waals surface area contributed by atoms with Crippen molar-refractivity contribution in [2.45, 2.75) is 26.4 Å². The minimum atomic E-state index is -0.437. The number of rotatable bonds is 4. The summed E-state index contributed by atoms with van der Waals surface area (Å²) in [6, 6.07) is 4.59. The van der Waals surface area contributed by atoms with Gasteiger partial charge in [0.15, 0.2) is 0 Å². The number of hydrogen-bond acceptors (Lipinski definition) is 3. The van der Waals surface area contributed by atoms with Crippen LogP contribution in [0.2, 0.25) is 0 Å². The van der Waals surface area contributed by atoms with Crippen LogP contribution in [0.25, 0.3) is 0 Å². The van der Waals surface area contributed by atoms with Crippen molar-refractivity contribution in [3.63, 3.8) is 0 Å². The number of non-ortho nitro benzene ring substituents is 1. The molecule has 4 nitrogen and oxygen atoms in total. The normalized spacial score (nSPS) is 12.8. The van der Waals surface area contributed by atoms with Crippen LogP contribution in [0.5, 0.6) is 0 Å². The lowest BCUT2D eigenvalue weighted by atomic mass is 9.99. The Morgan fingerprint density at radius 2 is 2.12 bits per heavy atom. The zero-order valence-corrected chi connectivity index (χ0v) is 10.8. The molecule has 0 aliphatic heterocycles. The van der Waals surface area contributed by atoms with Gasteiger partial charge in [-0.1, -0.05) is 35.8 Å². The van der Waals surface area contributed by atoms with Crippen molar-refractivity contribution in [1.82, 2.24) is 0 Å². The Labute approximate surface area is 103 Å². The number of aliphatic hydroxyl groups is 1. The maximum absolute atomic E-state index is 10.5. The first-order valence-electron chi connectivity index (χ1n) is 5.02. The summed E-state index contributed by atoms with van der Waals surface area (Å²) in [5, 5.41) is 20.3. The second kappa shape index (κ2) is 5.41. The monoisotopic (exact) mass is 287 g/mol. The Balaban J connectivity index is 2.87. The smallest absolute Gasteiger partial charge is 0.270 e. The van der Waals surface area contributed by atoms with Gasteiger partial charge in [0.05, 0.1) is 11.0 Å². The Bertz CT molecular complexity index is 393. The minimum Gasteiger partial charge on any atom is -0.393 e. The number of benzene rings is 1. The van der Waals surface area contributed by atoms with Crippen LogP contribution < -0.4 is 0 Å². The van der Waals surface area contributed by atoms with Gasteiger partial charge < -0.3 is 5.11 Å². The van der Waals surface area contributed by atoms with Crippen LogP contribution in [0.4, 0.5) is 5.69 Å². The standard InChI is InChI=1S/C11H14BrNO3/c1-7(2)11(14)5-8-3-4-9(13(15)16)6-10(8)12/h3-4,6-7,11,14H,5H2,1-2H3. The molecule has 0 amide bonds. The molecule has 0 fully saturated rings. The molecule has 16 heavy (non-hydrogen) atoms. The van der Waals surface area contributed by atoms with Gasteiger partial charge in [-0.25, -0.2) is 0 Å². The Morgan fingerprint density at radius 1 is 1.50 bits per heavy atom. The van der Waals surface area contributed by atoms with Crippen LogP contribution in [-0.2, 0) is 6.42 Å². The van der Waals surface area contributed by atoms with Crippen LogP contribution in [0.1, 0.15) is 19.4 Å². The molecule has 0 saturated heterocycles. The molecule has 0 aromatic heterocycles. The zero-order chi connectivity index (χ0) is 12.3. The molecule has 0 aliphatic carbocycles. The lowest BCUT2D eigenvalue weighted by Gasteiger charge is -2.15. The van der Waals surface area contributed by atoms with Crippen molar-refractivity contribution in [2.24, 2.45) is 5.92 Å². The third-order valence-corrected chi connectivity index (χ3v) is 3.18. The second-order valence-corrected chi connectivity index (χ2v) is 4.90. The first-order chi connectivity index (χ1) is 7.41. The average molecular weight is 288 g/mol. The van der Waals surface area contributed by atoms with Gasteiger partial charge in [0.25, 0.3) is 5.69 Å². The van der Waals surface area contributed by atoms with Crippen LogP contribution in [0, 0.1) is 16.0 Å². The maximum atomic E-state index is 10.5. The molecule has 0 radical (unpaired) electrons. The Kier molecular flexibility index (Phi) is 4.44. The van der Waals surface area contributed by atoms with Crippen LogP contribution >= 0.6 is 15.9 Å². The van der Waals surface area contributed by atoms with Gasteiger partial charge in [-0.3, -0.25) is 10.1 Å². The molecule has 1 aromatic carbocycles. The summed E-state index contributed by atoms with van der Waals surface area (Å²) in [6.07, 6.45) is 0.0636. The van der Waals surface area contributed by atoms with E-state index in [0.29, 0.717) is 10.9 Å². The highest BCUT2D eigenvalue weighted by Gasteiger charge is 2.14. The first kappa shape index (κ1) is 13.1. The summed E-state index contributed by atoms with van der Waals surface area (Å²) in [5.74, 6) is 0.169. The number of nitro groups is 1. The predicted octanol–water partition coefficient (Wildman–Crippen LogP) is 2.92. The summed E-state index contributed by atoms with van der Waals surface area (Å²) in [4.78, 5) is 10.1. The fourth-order valence-corrected chi connectivity index (χ4v) is 1.80. The highest BCUT2D eigenvalue weighted by atomic mass is 79.9. The average Bonchev–Trinajstić information content (AvgIpc) is 2.20. The third-order valence-electron chi connectivity index (χ3n) is 2.45. The highest BCUT2D eigenvalue weighted by molar-refractivity contribution is 9.10. The molecular weight excluding hydrogens is 274 g/mol. The van der Waals surface area contributed by atoms with Gasteiger partial charge >= 0.3 is 0 Å². The quantitative estimate of drug-likeness (QED) is 0.684. The van der Waals surface area contributed by atoms with E-state index in [0.717, 1.165) is 5.56 Å². The van der Waals surface area contributed by atoms with Gasteiger partial charge in [-0.15, -0.1) is 0 Å². The van der Waals surface area contributed by atoms with Crippen molar-refractivity contribution >= 4 is 21.6 Å².